The number of nitrogens with zero attached hydrogens (tertiary/aromatic N) is 4. The van der Waals surface area contributed by atoms with E-state index < -0.39 is 0 Å². The van der Waals surface area contributed by atoms with Gasteiger partial charge < -0.3 is 9.30 Å². The van der Waals surface area contributed by atoms with Crippen LogP contribution in [0.15, 0.2) is 71.7 Å². The van der Waals surface area contributed by atoms with Gasteiger partial charge in [-0.05, 0) is 77.8 Å². The summed E-state index contributed by atoms with van der Waals surface area (Å²) in [7, 11) is 1.66. The minimum Gasteiger partial charge on any atom is -0.496 e. The summed E-state index contributed by atoms with van der Waals surface area (Å²) in [5.74, 6) is 0.731. The first-order chi connectivity index (χ1) is 15.5. The van der Waals surface area contributed by atoms with E-state index in [1.54, 1.807) is 25.7 Å². The van der Waals surface area contributed by atoms with Gasteiger partial charge in [0, 0.05) is 29.2 Å². The fourth-order valence-electron chi connectivity index (χ4n) is 3.49. The van der Waals surface area contributed by atoms with Crippen LogP contribution in [0.4, 0.5) is 0 Å². The van der Waals surface area contributed by atoms with Crippen molar-refractivity contribution in [2.24, 2.45) is 0 Å². The number of ketones is 1. The number of halogens is 1. The smallest absolute Gasteiger partial charge is 0.185 e. The molecule has 2 aromatic carbocycles. The Morgan fingerprint density at radius 3 is 2.56 bits per heavy atom. The van der Waals surface area contributed by atoms with E-state index in [-0.39, 0.29) is 5.78 Å². The van der Waals surface area contributed by atoms with Crippen LogP contribution in [-0.4, -0.2) is 32.2 Å². The van der Waals surface area contributed by atoms with Gasteiger partial charge in [-0.2, -0.15) is 5.10 Å². The van der Waals surface area contributed by atoms with Gasteiger partial charge in [-0.3, -0.25) is 9.48 Å². The summed E-state index contributed by atoms with van der Waals surface area (Å²) < 4.78 is 10.4. The molecule has 0 aliphatic heterocycles. The number of hydrogen-bond donors (Lipinski definition) is 0. The Balaban J connectivity index is 1.52. The number of methoxy groups -OCH3 is 1. The fourth-order valence-corrected chi connectivity index (χ4v) is 3.78. The monoisotopic (exact) mass is 490 g/mol. The van der Waals surface area contributed by atoms with E-state index >= 15 is 0 Å². The molecule has 2 heterocycles. The van der Waals surface area contributed by atoms with Crippen molar-refractivity contribution >= 4 is 27.8 Å². The van der Waals surface area contributed by atoms with E-state index in [2.05, 4.69) is 26.0 Å². The normalized spacial score (nSPS) is 11.2. The average Bonchev–Trinajstić information content (AvgIpc) is 3.43. The minimum atomic E-state index is -0.0537. The highest BCUT2D eigenvalue weighted by atomic mass is 79.9. The van der Waals surface area contributed by atoms with Crippen LogP contribution >= 0.6 is 15.9 Å². The molecular formula is C25H23BrN4O2. The zero-order valence-electron chi connectivity index (χ0n) is 18.1. The first-order valence-electron chi connectivity index (χ1n) is 10.1. The van der Waals surface area contributed by atoms with Gasteiger partial charge in [0.25, 0.3) is 0 Å². The molecule has 0 fully saturated rings. The van der Waals surface area contributed by atoms with E-state index in [1.807, 2.05) is 77.8 Å². The number of hydrogen-bond acceptors (Lipinski definition) is 4. The molecule has 162 valence electrons. The van der Waals surface area contributed by atoms with Crippen molar-refractivity contribution in [3.8, 4) is 11.4 Å². The third-order valence-electron chi connectivity index (χ3n) is 5.30. The van der Waals surface area contributed by atoms with E-state index in [1.165, 1.54) is 0 Å². The molecular weight excluding hydrogens is 468 g/mol. The number of ether oxygens (including phenoxy) is 1. The second kappa shape index (κ2) is 9.36. The Morgan fingerprint density at radius 1 is 1.16 bits per heavy atom. The number of rotatable bonds is 7. The molecule has 0 aliphatic rings. The highest BCUT2D eigenvalue weighted by Gasteiger charge is 2.12. The maximum Gasteiger partial charge on any atom is 0.185 e. The third kappa shape index (κ3) is 4.57. The molecule has 0 aliphatic carbocycles. The third-order valence-corrected chi connectivity index (χ3v) is 6.45. The summed E-state index contributed by atoms with van der Waals surface area (Å²) in [4.78, 5) is 16.7. The summed E-state index contributed by atoms with van der Waals surface area (Å²) in [6.07, 6.45) is 8.73. The Labute approximate surface area is 195 Å². The lowest BCUT2D eigenvalue weighted by Gasteiger charge is -2.11. The van der Waals surface area contributed by atoms with Gasteiger partial charge in [0.15, 0.2) is 5.78 Å². The maximum absolute atomic E-state index is 12.6. The van der Waals surface area contributed by atoms with Crippen molar-refractivity contribution in [1.29, 1.82) is 0 Å². The summed E-state index contributed by atoms with van der Waals surface area (Å²) in [5, 5.41) is 4.59. The van der Waals surface area contributed by atoms with Crippen LogP contribution in [0.3, 0.4) is 0 Å². The van der Waals surface area contributed by atoms with Crippen LogP contribution in [0.5, 0.6) is 5.75 Å². The molecule has 0 saturated heterocycles. The number of carbonyl (C=O) groups excluding carboxylic acids is 1. The Morgan fingerprint density at radius 2 is 1.94 bits per heavy atom. The summed E-state index contributed by atoms with van der Waals surface area (Å²) >= 11 is 3.57. The number of carbonyl (C=O) groups is 1. The SMILES string of the molecule is COc1ccc(/C=C/C(=O)c2ccc(-n3ccnc3)cc2)cc1Cn1nc(C)c(Br)c1C. The van der Waals surface area contributed by atoms with Gasteiger partial charge in [-0.15, -0.1) is 0 Å². The predicted molar refractivity (Wildman–Crippen MR) is 128 cm³/mol. The molecule has 0 spiro atoms. The second-order valence-corrected chi connectivity index (χ2v) is 8.22. The van der Waals surface area contributed by atoms with Crippen LogP contribution in [0, 0.1) is 13.8 Å². The zero-order valence-corrected chi connectivity index (χ0v) is 19.7. The van der Waals surface area contributed by atoms with Crippen molar-refractivity contribution in [3.63, 3.8) is 0 Å². The quantitative estimate of drug-likeness (QED) is 0.257. The molecule has 0 bridgehead atoms. The standard InChI is InChI=1S/C25H23BrN4O2/c1-17-25(26)18(2)30(28-17)15-21-14-19(5-11-24(21)32-3)4-10-23(31)20-6-8-22(9-7-20)29-13-12-27-16-29/h4-14,16H,15H2,1-3H3/b10-4+. The number of allylic oxidation sites excluding steroid dienone is 1. The van der Waals surface area contributed by atoms with Crippen molar-refractivity contribution in [2.45, 2.75) is 20.4 Å². The fraction of sp³-hybridized carbons (Fsp3) is 0.160. The lowest BCUT2D eigenvalue weighted by molar-refractivity contribution is 0.104. The first kappa shape index (κ1) is 21.8. The predicted octanol–water partition coefficient (Wildman–Crippen LogP) is 5.40. The van der Waals surface area contributed by atoms with E-state index in [0.29, 0.717) is 12.1 Å². The summed E-state index contributed by atoms with van der Waals surface area (Å²) in [6, 6.07) is 13.3. The van der Waals surface area contributed by atoms with Gasteiger partial charge in [0.05, 0.1) is 35.8 Å². The van der Waals surface area contributed by atoms with Crippen molar-refractivity contribution in [3.05, 3.63) is 99.8 Å². The minimum absolute atomic E-state index is 0.0537. The average molecular weight is 491 g/mol. The molecule has 6 nitrogen and oxygen atoms in total. The second-order valence-electron chi connectivity index (χ2n) is 7.43. The molecule has 7 heteroatoms. The number of imidazole rings is 1. The summed E-state index contributed by atoms with van der Waals surface area (Å²) in [5.41, 5.74) is 5.50. The number of aryl methyl sites for hydroxylation is 1. The lowest BCUT2D eigenvalue weighted by atomic mass is 10.1. The number of aromatic nitrogens is 4. The molecule has 0 atom stereocenters. The van der Waals surface area contributed by atoms with E-state index in [0.717, 1.165) is 38.4 Å². The van der Waals surface area contributed by atoms with Crippen molar-refractivity contribution in [2.75, 3.05) is 7.11 Å². The Bertz CT molecular complexity index is 1270. The van der Waals surface area contributed by atoms with Gasteiger partial charge in [-0.1, -0.05) is 12.1 Å². The molecule has 32 heavy (non-hydrogen) atoms. The van der Waals surface area contributed by atoms with Gasteiger partial charge in [0.1, 0.15) is 5.75 Å². The van der Waals surface area contributed by atoms with Gasteiger partial charge >= 0.3 is 0 Å². The highest BCUT2D eigenvalue weighted by molar-refractivity contribution is 9.10. The van der Waals surface area contributed by atoms with E-state index in [9.17, 15) is 4.79 Å². The molecule has 2 aromatic heterocycles. The largest absolute Gasteiger partial charge is 0.496 e. The van der Waals surface area contributed by atoms with Crippen LogP contribution < -0.4 is 4.74 Å². The van der Waals surface area contributed by atoms with Gasteiger partial charge in [-0.25, -0.2) is 4.98 Å². The topological polar surface area (TPSA) is 61.9 Å². The molecule has 0 amide bonds. The van der Waals surface area contributed by atoms with E-state index in [4.69, 9.17) is 4.74 Å². The summed E-state index contributed by atoms with van der Waals surface area (Å²) in [6.45, 7) is 4.57. The van der Waals surface area contributed by atoms with Crippen LogP contribution in [0.1, 0.15) is 32.9 Å². The van der Waals surface area contributed by atoms with Crippen molar-refractivity contribution < 1.29 is 9.53 Å². The Hall–Kier alpha value is -3.45. The molecule has 0 N–H and O–H groups in total. The Kier molecular flexibility index (Phi) is 6.37. The van der Waals surface area contributed by atoms with Gasteiger partial charge in [0.2, 0.25) is 0 Å². The molecule has 4 aromatic rings. The van der Waals surface area contributed by atoms with Crippen LogP contribution in [0.25, 0.3) is 11.8 Å². The molecule has 0 saturated carbocycles. The molecule has 4 rings (SSSR count). The highest BCUT2D eigenvalue weighted by Crippen LogP contribution is 2.25. The van der Waals surface area contributed by atoms with Crippen LogP contribution in [0.2, 0.25) is 0 Å². The lowest BCUT2D eigenvalue weighted by Crippen LogP contribution is -2.06. The first-order valence-corrected chi connectivity index (χ1v) is 10.9. The maximum atomic E-state index is 12.6. The van der Waals surface area contributed by atoms with Crippen LogP contribution in [-0.2, 0) is 6.54 Å². The van der Waals surface area contributed by atoms with Crippen molar-refractivity contribution in [1.82, 2.24) is 19.3 Å². The molecule has 0 radical (unpaired) electrons. The zero-order chi connectivity index (χ0) is 22.7. The molecule has 0 unspecified atom stereocenters. The number of benzene rings is 2.